The van der Waals surface area contributed by atoms with Gasteiger partial charge >= 0.3 is 0 Å². The van der Waals surface area contributed by atoms with Gasteiger partial charge in [0.2, 0.25) is 0 Å². The summed E-state index contributed by atoms with van der Waals surface area (Å²) in [5, 5.41) is 7.25. The number of nitrogens with two attached hydrogens (primary N) is 1. The van der Waals surface area contributed by atoms with Crippen molar-refractivity contribution >= 4 is 29.9 Å². The Labute approximate surface area is 118 Å². The number of halogens is 1. The van der Waals surface area contributed by atoms with Crippen molar-refractivity contribution in [2.45, 2.75) is 25.8 Å². The third kappa shape index (κ3) is 4.49. The zero-order valence-corrected chi connectivity index (χ0v) is 12.3. The van der Waals surface area contributed by atoms with Gasteiger partial charge in [0.25, 0.3) is 0 Å². The van der Waals surface area contributed by atoms with Crippen LogP contribution in [0.25, 0.3) is 0 Å². The molecule has 0 saturated heterocycles. The van der Waals surface area contributed by atoms with Gasteiger partial charge < -0.3 is 11.1 Å². The highest BCUT2D eigenvalue weighted by molar-refractivity contribution is 14.0. The minimum atomic E-state index is 0. The molecule has 6 nitrogen and oxygen atoms in total. The molecule has 1 saturated carbocycles. The molecular weight excluding hydrogens is 331 g/mol. The Morgan fingerprint density at radius 3 is 2.94 bits per heavy atom. The highest BCUT2D eigenvalue weighted by atomic mass is 127. The molecule has 0 aromatic carbocycles. The monoisotopic (exact) mass is 350 g/mol. The van der Waals surface area contributed by atoms with Crippen molar-refractivity contribution in [2.24, 2.45) is 23.7 Å². The van der Waals surface area contributed by atoms with Crippen molar-refractivity contribution in [3.63, 3.8) is 0 Å². The maximum absolute atomic E-state index is 5.73. The van der Waals surface area contributed by atoms with Crippen LogP contribution in [-0.4, -0.2) is 27.3 Å². The minimum absolute atomic E-state index is 0. The predicted molar refractivity (Wildman–Crippen MR) is 77.1 cm³/mol. The van der Waals surface area contributed by atoms with E-state index in [0.717, 1.165) is 12.5 Å². The van der Waals surface area contributed by atoms with Gasteiger partial charge in [0.05, 0.1) is 0 Å². The number of nitrogens with zero attached hydrogens (tertiary/aromatic N) is 4. The fourth-order valence-electron chi connectivity index (χ4n) is 1.61. The average molecular weight is 350 g/mol. The Morgan fingerprint density at radius 2 is 2.41 bits per heavy atom. The summed E-state index contributed by atoms with van der Waals surface area (Å²) in [7, 11) is 1.83. The van der Waals surface area contributed by atoms with Crippen LogP contribution in [-0.2, 0) is 13.6 Å². The Hall–Kier alpha value is -0.860. The largest absolute Gasteiger partial charge is 0.370 e. The summed E-state index contributed by atoms with van der Waals surface area (Å²) < 4.78 is 1.66. The van der Waals surface area contributed by atoms with Crippen molar-refractivity contribution in [1.29, 1.82) is 0 Å². The quantitative estimate of drug-likeness (QED) is 0.474. The molecule has 1 aromatic heterocycles. The van der Waals surface area contributed by atoms with E-state index in [1.54, 1.807) is 11.0 Å². The zero-order valence-electron chi connectivity index (χ0n) is 9.96. The number of rotatable bonds is 4. The van der Waals surface area contributed by atoms with Gasteiger partial charge in [0.15, 0.2) is 11.8 Å². The van der Waals surface area contributed by atoms with E-state index in [9.17, 15) is 0 Å². The molecule has 1 aliphatic carbocycles. The van der Waals surface area contributed by atoms with Gasteiger partial charge in [-0.15, -0.1) is 24.0 Å². The van der Waals surface area contributed by atoms with Crippen LogP contribution in [0.15, 0.2) is 11.3 Å². The molecule has 2 rings (SSSR count). The van der Waals surface area contributed by atoms with E-state index in [0.29, 0.717) is 18.3 Å². The van der Waals surface area contributed by atoms with Gasteiger partial charge in [0.1, 0.15) is 12.9 Å². The predicted octanol–water partition coefficient (Wildman–Crippen LogP) is 0.637. The molecule has 3 N–H and O–H groups in total. The second kappa shape index (κ2) is 6.77. The molecule has 0 radical (unpaired) electrons. The number of aliphatic imine (C=N–C) groups is 1. The molecule has 0 amide bonds. The number of guanidine groups is 1. The molecule has 1 aromatic rings. The zero-order chi connectivity index (χ0) is 11.4. The third-order valence-electron chi connectivity index (χ3n) is 2.83. The van der Waals surface area contributed by atoms with E-state index < -0.39 is 0 Å². The summed E-state index contributed by atoms with van der Waals surface area (Å²) in [6.07, 6.45) is 5.62. The van der Waals surface area contributed by atoms with E-state index in [2.05, 4.69) is 20.4 Å². The van der Waals surface area contributed by atoms with Crippen LogP contribution < -0.4 is 11.1 Å². The molecular formula is C10H19IN6. The highest BCUT2D eigenvalue weighted by Crippen LogP contribution is 2.24. The Balaban J connectivity index is 0.00000144. The molecule has 17 heavy (non-hydrogen) atoms. The van der Waals surface area contributed by atoms with Crippen molar-refractivity contribution in [1.82, 2.24) is 20.1 Å². The lowest BCUT2D eigenvalue weighted by Crippen LogP contribution is -2.37. The van der Waals surface area contributed by atoms with Gasteiger partial charge in [-0.3, -0.25) is 4.68 Å². The molecule has 1 fully saturated rings. The van der Waals surface area contributed by atoms with Crippen LogP contribution in [0.4, 0.5) is 0 Å². The summed E-state index contributed by atoms with van der Waals surface area (Å²) in [5.74, 6) is 1.96. The maximum atomic E-state index is 5.73. The summed E-state index contributed by atoms with van der Waals surface area (Å²) >= 11 is 0. The smallest absolute Gasteiger partial charge is 0.189 e. The summed E-state index contributed by atoms with van der Waals surface area (Å²) in [4.78, 5) is 8.25. The van der Waals surface area contributed by atoms with Crippen LogP contribution >= 0.6 is 24.0 Å². The Kier molecular flexibility index (Phi) is 5.66. The molecule has 7 heteroatoms. The molecule has 0 spiro atoms. The summed E-state index contributed by atoms with van der Waals surface area (Å²) in [5.41, 5.74) is 5.73. The van der Waals surface area contributed by atoms with Crippen molar-refractivity contribution in [2.75, 3.05) is 6.54 Å². The first-order valence-corrected chi connectivity index (χ1v) is 5.62. The van der Waals surface area contributed by atoms with Crippen molar-refractivity contribution < 1.29 is 0 Å². The first kappa shape index (κ1) is 14.2. The SMILES string of the molecule is Cn1cnc(CN=C(N)NCC2CCC2)n1.I. The van der Waals surface area contributed by atoms with Gasteiger partial charge in [-0.05, 0) is 18.8 Å². The average Bonchev–Trinajstić information content (AvgIpc) is 2.59. The van der Waals surface area contributed by atoms with Crippen LogP contribution in [0.3, 0.4) is 0 Å². The fraction of sp³-hybridized carbons (Fsp3) is 0.700. The lowest BCUT2D eigenvalue weighted by atomic mass is 9.85. The normalized spacial score (nSPS) is 16.2. The standard InChI is InChI=1S/C10H18N6.HI/c1-16-7-14-9(15-16)6-13-10(11)12-5-8-3-2-4-8;/h7-8H,2-6H2,1H3,(H3,11,12,13);1H. The molecule has 0 unspecified atom stereocenters. The van der Waals surface area contributed by atoms with Crippen LogP contribution in [0.2, 0.25) is 0 Å². The molecule has 1 aliphatic rings. The number of hydrogen-bond donors (Lipinski definition) is 2. The van der Waals surface area contributed by atoms with Gasteiger partial charge in [0, 0.05) is 13.6 Å². The Bertz CT molecular complexity index is 371. The lowest BCUT2D eigenvalue weighted by Gasteiger charge is -2.25. The van der Waals surface area contributed by atoms with E-state index >= 15 is 0 Å². The maximum Gasteiger partial charge on any atom is 0.189 e. The molecule has 0 bridgehead atoms. The van der Waals surface area contributed by atoms with Crippen LogP contribution in [0.5, 0.6) is 0 Å². The first-order chi connectivity index (χ1) is 7.74. The van der Waals surface area contributed by atoms with Gasteiger partial charge in [-0.1, -0.05) is 6.42 Å². The van der Waals surface area contributed by atoms with Crippen LogP contribution in [0.1, 0.15) is 25.1 Å². The highest BCUT2D eigenvalue weighted by Gasteiger charge is 2.16. The molecule has 96 valence electrons. The topological polar surface area (TPSA) is 81.1 Å². The molecule has 0 atom stereocenters. The number of nitrogens with one attached hydrogen (secondary N) is 1. The summed E-state index contributed by atoms with van der Waals surface area (Å²) in [6.45, 7) is 1.37. The Morgan fingerprint density at radius 1 is 1.65 bits per heavy atom. The molecule has 0 aliphatic heterocycles. The van der Waals surface area contributed by atoms with E-state index in [1.807, 2.05) is 7.05 Å². The minimum Gasteiger partial charge on any atom is -0.370 e. The lowest BCUT2D eigenvalue weighted by molar-refractivity contribution is 0.315. The second-order valence-electron chi connectivity index (χ2n) is 4.21. The number of aryl methyl sites for hydroxylation is 1. The van der Waals surface area contributed by atoms with E-state index in [4.69, 9.17) is 5.73 Å². The first-order valence-electron chi connectivity index (χ1n) is 5.62. The fourth-order valence-corrected chi connectivity index (χ4v) is 1.61. The number of hydrogen-bond acceptors (Lipinski definition) is 3. The van der Waals surface area contributed by atoms with Crippen molar-refractivity contribution in [3.05, 3.63) is 12.2 Å². The van der Waals surface area contributed by atoms with Crippen LogP contribution in [0, 0.1) is 5.92 Å². The van der Waals surface area contributed by atoms with Gasteiger partial charge in [-0.2, -0.15) is 5.10 Å². The van der Waals surface area contributed by atoms with E-state index in [-0.39, 0.29) is 24.0 Å². The third-order valence-corrected chi connectivity index (χ3v) is 2.83. The van der Waals surface area contributed by atoms with Crippen molar-refractivity contribution in [3.8, 4) is 0 Å². The molecule has 1 heterocycles. The number of aromatic nitrogens is 3. The second-order valence-corrected chi connectivity index (χ2v) is 4.21. The summed E-state index contributed by atoms with van der Waals surface area (Å²) in [6, 6.07) is 0. The van der Waals surface area contributed by atoms with E-state index in [1.165, 1.54) is 19.3 Å². The van der Waals surface area contributed by atoms with Gasteiger partial charge in [-0.25, -0.2) is 9.98 Å².